The van der Waals surface area contributed by atoms with Gasteiger partial charge in [-0.3, -0.25) is 4.90 Å². The van der Waals surface area contributed by atoms with Crippen molar-refractivity contribution in [3.05, 3.63) is 52.4 Å². The highest BCUT2D eigenvalue weighted by molar-refractivity contribution is 6.34. The standard InChI is InChI=1S/C14H15Cl2NO2/c1-17(10-12-3-2-7-18-12)6-8-19-14-9-11(15)4-5-13(14)16/h2-5,7,9H,6,8,10H2,1H3. The summed E-state index contributed by atoms with van der Waals surface area (Å²) in [7, 11) is 2.01. The summed E-state index contributed by atoms with van der Waals surface area (Å²) in [5, 5.41) is 1.18. The number of likely N-dealkylation sites (N-methyl/N-ethyl adjacent to an activating group) is 1. The van der Waals surface area contributed by atoms with Gasteiger partial charge in [-0.05, 0) is 31.3 Å². The number of ether oxygens (including phenoxy) is 1. The van der Waals surface area contributed by atoms with Gasteiger partial charge in [0.15, 0.2) is 0 Å². The summed E-state index contributed by atoms with van der Waals surface area (Å²) in [4.78, 5) is 2.11. The number of furan rings is 1. The van der Waals surface area contributed by atoms with E-state index in [2.05, 4.69) is 4.90 Å². The number of nitrogens with zero attached hydrogens (tertiary/aromatic N) is 1. The fourth-order valence-corrected chi connectivity index (χ4v) is 1.98. The zero-order chi connectivity index (χ0) is 13.7. The molecule has 0 unspecified atom stereocenters. The molecule has 1 aromatic heterocycles. The number of hydrogen-bond donors (Lipinski definition) is 0. The summed E-state index contributed by atoms with van der Waals surface area (Å²) in [6, 6.07) is 9.01. The van der Waals surface area contributed by atoms with Gasteiger partial charge in [0.2, 0.25) is 0 Å². The molecule has 1 aromatic carbocycles. The third-order valence-electron chi connectivity index (χ3n) is 2.63. The van der Waals surface area contributed by atoms with Crippen molar-refractivity contribution in [1.29, 1.82) is 0 Å². The van der Waals surface area contributed by atoms with E-state index in [4.69, 9.17) is 32.4 Å². The molecule has 0 amide bonds. The van der Waals surface area contributed by atoms with Crippen LogP contribution < -0.4 is 4.74 Å². The fourth-order valence-electron chi connectivity index (χ4n) is 1.65. The first-order chi connectivity index (χ1) is 9.15. The number of rotatable bonds is 6. The van der Waals surface area contributed by atoms with Gasteiger partial charge in [0, 0.05) is 17.6 Å². The molecule has 0 aliphatic heterocycles. The van der Waals surface area contributed by atoms with Crippen LogP contribution in [0.5, 0.6) is 5.75 Å². The second-order valence-electron chi connectivity index (χ2n) is 4.24. The first-order valence-electron chi connectivity index (χ1n) is 5.94. The first kappa shape index (κ1) is 14.3. The Morgan fingerprint density at radius 2 is 2.11 bits per heavy atom. The minimum Gasteiger partial charge on any atom is -0.491 e. The van der Waals surface area contributed by atoms with Crippen LogP contribution in [0.3, 0.4) is 0 Å². The van der Waals surface area contributed by atoms with Crippen LogP contribution in [0.1, 0.15) is 5.76 Å². The van der Waals surface area contributed by atoms with E-state index in [1.807, 2.05) is 19.2 Å². The summed E-state index contributed by atoms with van der Waals surface area (Å²) in [6.45, 7) is 2.06. The SMILES string of the molecule is CN(CCOc1cc(Cl)ccc1Cl)Cc1ccco1. The van der Waals surface area contributed by atoms with E-state index in [0.717, 1.165) is 18.8 Å². The second-order valence-corrected chi connectivity index (χ2v) is 5.08. The first-order valence-corrected chi connectivity index (χ1v) is 6.69. The maximum atomic E-state index is 6.01. The molecule has 0 spiro atoms. The van der Waals surface area contributed by atoms with E-state index in [1.165, 1.54) is 0 Å². The molecule has 0 saturated carbocycles. The van der Waals surface area contributed by atoms with Gasteiger partial charge >= 0.3 is 0 Å². The van der Waals surface area contributed by atoms with Crippen LogP contribution in [0.25, 0.3) is 0 Å². The summed E-state index contributed by atoms with van der Waals surface area (Å²) in [5.74, 6) is 1.55. The molecule has 5 heteroatoms. The molecule has 0 atom stereocenters. The second kappa shape index (κ2) is 6.85. The van der Waals surface area contributed by atoms with Crippen LogP contribution >= 0.6 is 23.2 Å². The number of benzene rings is 1. The predicted molar refractivity (Wildman–Crippen MR) is 77.0 cm³/mol. The molecular weight excluding hydrogens is 285 g/mol. The van der Waals surface area contributed by atoms with E-state index in [0.29, 0.717) is 22.4 Å². The molecule has 102 valence electrons. The Balaban J connectivity index is 1.78. The molecule has 0 aliphatic carbocycles. The van der Waals surface area contributed by atoms with E-state index in [9.17, 15) is 0 Å². The highest BCUT2D eigenvalue weighted by Crippen LogP contribution is 2.27. The molecular formula is C14H15Cl2NO2. The summed E-state index contributed by atoms with van der Waals surface area (Å²) in [5.41, 5.74) is 0. The lowest BCUT2D eigenvalue weighted by molar-refractivity contribution is 0.222. The summed E-state index contributed by atoms with van der Waals surface area (Å²) in [6.07, 6.45) is 1.67. The van der Waals surface area contributed by atoms with Gasteiger partial charge in [-0.1, -0.05) is 23.2 Å². The quantitative estimate of drug-likeness (QED) is 0.803. The lowest BCUT2D eigenvalue weighted by Crippen LogP contribution is -2.23. The van der Waals surface area contributed by atoms with E-state index in [-0.39, 0.29) is 0 Å². The molecule has 0 N–H and O–H groups in total. The van der Waals surface area contributed by atoms with Crippen molar-refractivity contribution in [3.8, 4) is 5.75 Å². The van der Waals surface area contributed by atoms with Gasteiger partial charge in [0.25, 0.3) is 0 Å². The third-order valence-corrected chi connectivity index (χ3v) is 3.18. The molecule has 1 heterocycles. The molecule has 2 aromatic rings. The zero-order valence-electron chi connectivity index (χ0n) is 10.6. The van der Waals surface area contributed by atoms with Crippen LogP contribution in [0.15, 0.2) is 41.0 Å². The van der Waals surface area contributed by atoms with Crippen LogP contribution in [0.4, 0.5) is 0 Å². The van der Waals surface area contributed by atoms with Crippen LogP contribution in [0.2, 0.25) is 10.0 Å². The highest BCUT2D eigenvalue weighted by atomic mass is 35.5. The van der Waals surface area contributed by atoms with Crippen LogP contribution in [0, 0.1) is 0 Å². The van der Waals surface area contributed by atoms with Crippen molar-refractivity contribution >= 4 is 23.2 Å². The van der Waals surface area contributed by atoms with Gasteiger partial charge in [-0.2, -0.15) is 0 Å². The van der Waals surface area contributed by atoms with Crippen LogP contribution in [-0.4, -0.2) is 25.1 Å². The van der Waals surface area contributed by atoms with Gasteiger partial charge < -0.3 is 9.15 Å². The Labute approximate surface area is 122 Å². The van der Waals surface area contributed by atoms with Crippen molar-refractivity contribution in [2.45, 2.75) is 6.54 Å². The van der Waals surface area contributed by atoms with Crippen molar-refractivity contribution < 1.29 is 9.15 Å². The van der Waals surface area contributed by atoms with E-state index < -0.39 is 0 Å². The van der Waals surface area contributed by atoms with Crippen molar-refractivity contribution in [2.75, 3.05) is 20.2 Å². The Morgan fingerprint density at radius 1 is 1.26 bits per heavy atom. The molecule has 19 heavy (non-hydrogen) atoms. The molecule has 0 fully saturated rings. The molecule has 0 aliphatic rings. The number of hydrogen-bond acceptors (Lipinski definition) is 3. The number of halogens is 2. The Hall–Kier alpha value is -1.16. The maximum Gasteiger partial charge on any atom is 0.139 e. The summed E-state index contributed by atoms with van der Waals surface area (Å²) >= 11 is 11.9. The van der Waals surface area contributed by atoms with Gasteiger partial charge in [0.05, 0.1) is 17.8 Å². The predicted octanol–water partition coefficient (Wildman–Crippen LogP) is 4.10. The average molecular weight is 300 g/mol. The maximum absolute atomic E-state index is 6.01. The van der Waals surface area contributed by atoms with Gasteiger partial charge in [-0.15, -0.1) is 0 Å². The fraction of sp³-hybridized carbons (Fsp3) is 0.286. The molecule has 0 saturated heterocycles. The third kappa shape index (κ3) is 4.46. The van der Waals surface area contributed by atoms with E-state index in [1.54, 1.807) is 24.5 Å². The Bertz CT molecular complexity index is 514. The molecule has 0 radical (unpaired) electrons. The van der Waals surface area contributed by atoms with Crippen molar-refractivity contribution in [3.63, 3.8) is 0 Å². The van der Waals surface area contributed by atoms with Gasteiger partial charge in [0.1, 0.15) is 18.1 Å². The zero-order valence-corrected chi connectivity index (χ0v) is 12.1. The minimum absolute atomic E-state index is 0.539. The average Bonchev–Trinajstić information content (AvgIpc) is 2.86. The minimum atomic E-state index is 0.539. The molecule has 0 bridgehead atoms. The smallest absolute Gasteiger partial charge is 0.139 e. The summed E-state index contributed by atoms with van der Waals surface area (Å²) < 4.78 is 10.9. The Morgan fingerprint density at radius 3 is 2.84 bits per heavy atom. The van der Waals surface area contributed by atoms with Gasteiger partial charge in [-0.25, -0.2) is 0 Å². The monoisotopic (exact) mass is 299 g/mol. The Kier molecular flexibility index (Phi) is 5.14. The normalized spacial score (nSPS) is 10.9. The highest BCUT2D eigenvalue weighted by Gasteiger charge is 2.05. The topological polar surface area (TPSA) is 25.6 Å². The largest absolute Gasteiger partial charge is 0.491 e. The lowest BCUT2D eigenvalue weighted by atomic mass is 10.3. The van der Waals surface area contributed by atoms with Crippen molar-refractivity contribution in [2.24, 2.45) is 0 Å². The van der Waals surface area contributed by atoms with E-state index >= 15 is 0 Å². The molecule has 3 nitrogen and oxygen atoms in total. The van der Waals surface area contributed by atoms with Crippen LogP contribution in [-0.2, 0) is 6.54 Å². The lowest BCUT2D eigenvalue weighted by Gasteiger charge is -2.16. The van der Waals surface area contributed by atoms with Crippen molar-refractivity contribution in [1.82, 2.24) is 4.90 Å². The molecule has 2 rings (SSSR count).